The van der Waals surface area contributed by atoms with Crippen molar-refractivity contribution in [1.82, 2.24) is 9.88 Å². The fraction of sp³-hybridized carbons (Fsp3) is 0.630. The van der Waals surface area contributed by atoms with Gasteiger partial charge in [0.05, 0.1) is 45.0 Å². The van der Waals surface area contributed by atoms with Crippen molar-refractivity contribution in [3.63, 3.8) is 0 Å². The Kier molecular flexibility index (Phi) is 6.13. The van der Waals surface area contributed by atoms with Gasteiger partial charge in [0, 0.05) is 22.3 Å². The number of hydrogen-bond donors (Lipinski definition) is 2. The first-order chi connectivity index (χ1) is 15.8. The number of carbonyl (C=O) groups is 1. The highest BCUT2D eigenvalue weighted by atomic mass is 32.1. The minimum atomic E-state index is -0.467. The number of benzene rings is 1. The van der Waals surface area contributed by atoms with Crippen molar-refractivity contribution in [2.45, 2.75) is 52.1 Å². The third-order valence-corrected chi connectivity index (χ3v) is 10.0. The molecule has 1 saturated carbocycles. The van der Waals surface area contributed by atoms with Gasteiger partial charge in [-0.3, -0.25) is 4.79 Å². The number of thiazole rings is 1. The average Bonchev–Trinajstić information content (AvgIpc) is 3.23. The van der Waals surface area contributed by atoms with Crippen molar-refractivity contribution in [3.05, 3.63) is 40.9 Å². The minimum Gasteiger partial charge on any atom is -0.392 e. The highest BCUT2D eigenvalue weighted by Crippen LogP contribution is 2.57. The van der Waals surface area contributed by atoms with Gasteiger partial charge in [0.25, 0.3) is 0 Å². The predicted octanol–water partition coefficient (Wildman–Crippen LogP) is 2.86. The Morgan fingerprint density at radius 2 is 1.97 bits per heavy atom. The summed E-state index contributed by atoms with van der Waals surface area (Å²) in [6.45, 7) is 10.4. The molecule has 2 aromatic rings. The van der Waals surface area contributed by atoms with E-state index in [9.17, 15) is 9.90 Å². The molecule has 5 rings (SSSR count). The van der Waals surface area contributed by atoms with Crippen molar-refractivity contribution in [3.8, 4) is 10.6 Å². The Balaban J connectivity index is 1.38. The molecular formula is C27H38N3O2S+. The first-order valence-electron chi connectivity index (χ1n) is 12.6. The molecule has 33 heavy (non-hydrogen) atoms. The number of hydrogen-bond acceptors (Lipinski definition) is 4. The molecule has 2 heterocycles. The van der Waals surface area contributed by atoms with E-state index in [4.69, 9.17) is 4.98 Å². The number of aliphatic hydroxyl groups excluding tert-OH is 1. The second kappa shape index (κ2) is 8.79. The van der Waals surface area contributed by atoms with E-state index in [1.807, 2.05) is 22.3 Å². The highest BCUT2D eigenvalue weighted by Gasteiger charge is 2.54. The second-order valence-electron chi connectivity index (χ2n) is 11.1. The predicted molar refractivity (Wildman–Crippen MR) is 132 cm³/mol. The van der Waals surface area contributed by atoms with Crippen LogP contribution in [0.2, 0.25) is 0 Å². The molecule has 178 valence electrons. The molecule has 2 N–H and O–H groups in total. The third-order valence-electron chi connectivity index (χ3n) is 8.90. The molecule has 0 unspecified atom stereocenters. The Morgan fingerprint density at radius 3 is 2.67 bits per heavy atom. The maximum Gasteiger partial charge on any atom is 0.226 e. The van der Waals surface area contributed by atoms with Crippen LogP contribution >= 0.6 is 11.3 Å². The highest BCUT2D eigenvalue weighted by molar-refractivity contribution is 7.15. The molecule has 1 saturated heterocycles. The SMILES string of the molecule is C[C@H](C(=O)N1CC[NH+](C)CC1)[C@@H]1CC[C@@]2(C)Cc3sc(-c4ccccc4)nc3[C@@H](C)[C@@H]2[C@H]1O. The van der Waals surface area contributed by atoms with Crippen LogP contribution < -0.4 is 4.90 Å². The second-order valence-corrected chi connectivity index (χ2v) is 12.2. The van der Waals surface area contributed by atoms with Crippen LogP contribution in [0.25, 0.3) is 10.6 Å². The zero-order valence-corrected chi connectivity index (χ0v) is 21.2. The number of aromatic nitrogens is 1. The molecule has 1 aliphatic heterocycles. The molecule has 1 aromatic heterocycles. The van der Waals surface area contributed by atoms with Crippen molar-refractivity contribution in [1.29, 1.82) is 0 Å². The Hall–Kier alpha value is -1.76. The van der Waals surface area contributed by atoms with Gasteiger partial charge >= 0.3 is 0 Å². The smallest absolute Gasteiger partial charge is 0.226 e. The van der Waals surface area contributed by atoms with Gasteiger partial charge in [-0.05, 0) is 36.5 Å². The molecule has 2 fully saturated rings. The number of piperazine rings is 1. The van der Waals surface area contributed by atoms with Gasteiger partial charge in [-0.15, -0.1) is 11.3 Å². The van der Waals surface area contributed by atoms with Gasteiger partial charge in [-0.25, -0.2) is 4.98 Å². The van der Waals surface area contributed by atoms with E-state index in [0.717, 1.165) is 50.4 Å². The summed E-state index contributed by atoms with van der Waals surface area (Å²) >= 11 is 1.82. The molecular weight excluding hydrogens is 430 g/mol. The largest absolute Gasteiger partial charge is 0.392 e. The maximum absolute atomic E-state index is 13.3. The van der Waals surface area contributed by atoms with E-state index in [1.54, 1.807) is 0 Å². The first-order valence-corrected chi connectivity index (χ1v) is 13.4. The number of quaternary nitrogens is 1. The van der Waals surface area contributed by atoms with Crippen LogP contribution in [0.3, 0.4) is 0 Å². The number of rotatable bonds is 3. The topological polar surface area (TPSA) is 57.9 Å². The van der Waals surface area contributed by atoms with E-state index in [2.05, 4.69) is 52.1 Å². The van der Waals surface area contributed by atoms with Crippen LogP contribution in [0.4, 0.5) is 0 Å². The molecule has 0 bridgehead atoms. The van der Waals surface area contributed by atoms with Crippen LogP contribution in [0.15, 0.2) is 30.3 Å². The van der Waals surface area contributed by atoms with E-state index in [-0.39, 0.29) is 35.0 Å². The third kappa shape index (κ3) is 4.04. The Morgan fingerprint density at radius 1 is 1.27 bits per heavy atom. The summed E-state index contributed by atoms with van der Waals surface area (Å²) in [5, 5.41) is 12.8. The lowest BCUT2D eigenvalue weighted by atomic mass is 9.53. The standard InChI is InChI=1S/C27H37N3O2S/c1-17(26(32)30-14-12-29(4)13-15-30)20-10-11-27(3)16-21-23(18(2)22(27)24(20)31)28-25(33-21)19-8-6-5-7-9-19/h5-9,17-18,20,22,24,31H,10-16H2,1-4H3/p+1/t17-,18-,20-,22+,24-,27-/m0/s1. The summed E-state index contributed by atoms with van der Waals surface area (Å²) < 4.78 is 0. The quantitative estimate of drug-likeness (QED) is 0.728. The molecule has 6 heteroatoms. The summed E-state index contributed by atoms with van der Waals surface area (Å²) in [4.78, 5) is 23.3. The molecule has 1 amide bonds. The van der Waals surface area contributed by atoms with E-state index < -0.39 is 6.10 Å². The molecule has 6 atom stereocenters. The number of amides is 1. The summed E-state index contributed by atoms with van der Waals surface area (Å²) in [5.74, 6) is 0.464. The minimum absolute atomic E-state index is 0.0267. The van der Waals surface area contributed by atoms with Gasteiger partial charge in [0.2, 0.25) is 5.91 Å². The van der Waals surface area contributed by atoms with Gasteiger partial charge in [0.1, 0.15) is 5.01 Å². The average molecular weight is 469 g/mol. The van der Waals surface area contributed by atoms with E-state index in [1.165, 1.54) is 21.0 Å². The zero-order valence-electron chi connectivity index (χ0n) is 20.4. The number of likely N-dealkylation sites (N-methyl/N-ethyl adjacent to an activating group) is 1. The number of nitrogens with one attached hydrogen (secondary N) is 1. The van der Waals surface area contributed by atoms with Crippen molar-refractivity contribution >= 4 is 17.2 Å². The number of aliphatic hydroxyl groups is 1. The van der Waals surface area contributed by atoms with Crippen LogP contribution in [-0.4, -0.2) is 60.2 Å². The Bertz CT molecular complexity index is 1000. The van der Waals surface area contributed by atoms with Crippen molar-refractivity contribution < 1.29 is 14.8 Å². The number of carbonyl (C=O) groups excluding carboxylic acids is 1. The summed E-state index contributed by atoms with van der Waals surface area (Å²) in [6, 6.07) is 10.4. The zero-order chi connectivity index (χ0) is 23.3. The molecule has 2 aliphatic carbocycles. The van der Waals surface area contributed by atoms with E-state index in [0.29, 0.717) is 0 Å². The monoisotopic (exact) mass is 468 g/mol. The van der Waals surface area contributed by atoms with Gasteiger partial charge in [0.15, 0.2) is 0 Å². The fourth-order valence-corrected chi connectivity index (χ4v) is 8.20. The van der Waals surface area contributed by atoms with E-state index >= 15 is 0 Å². The molecule has 0 radical (unpaired) electrons. The molecule has 1 aromatic carbocycles. The lowest BCUT2D eigenvalue weighted by Crippen LogP contribution is -3.12. The summed E-state index contributed by atoms with van der Waals surface area (Å²) in [5.41, 5.74) is 2.40. The van der Waals surface area contributed by atoms with Crippen molar-refractivity contribution in [2.24, 2.45) is 23.2 Å². The van der Waals surface area contributed by atoms with Crippen molar-refractivity contribution in [2.75, 3.05) is 33.2 Å². The number of nitrogens with zero attached hydrogens (tertiary/aromatic N) is 2. The first kappa shape index (κ1) is 23.0. The van der Waals surface area contributed by atoms with Crippen LogP contribution in [0.1, 0.15) is 50.1 Å². The lowest BCUT2D eigenvalue weighted by Gasteiger charge is -2.53. The molecule has 3 aliphatic rings. The molecule has 5 nitrogen and oxygen atoms in total. The van der Waals surface area contributed by atoms with Crippen LogP contribution in [-0.2, 0) is 11.2 Å². The van der Waals surface area contributed by atoms with Crippen LogP contribution in [0, 0.1) is 23.2 Å². The number of fused-ring (bicyclic) bond motifs is 2. The van der Waals surface area contributed by atoms with Crippen LogP contribution in [0.5, 0.6) is 0 Å². The maximum atomic E-state index is 13.3. The lowest BCUT2D eigenvalue weighted by molar-refractivity contribution is -0.883. The summed E-state index contributed by atoms with van der Waals surface area (Å²) in [7, 11) is 2.19. The summed E-state index contributed by atoms with van der Waals surface area (Å²) in [6.07, 6.45) is 2.50. The van der Waals surface area contributed by atoms with Gasteiger partial charge < -0.3 is 14.9 Å². The molecule has 0 spiro atoms. The fourth-order valence-electron chi connectivity index (χ4n) is 6.83. The van der Waals surface area contributed by atoms with Gasteiger partial charge in [-0.2, -0.15) is 0 Å². The normalized spacial score (nSPS) is 33.3. The van der Waals surface area contributed by atoms with Gasteiger partial charge in [-0.1, -0.05) is 51.1 Å². The Labute approximate surface area is 201 Å².